The number of unbranched alkanes of at least 4 members (excludes halogenated alkanes) is 2. The van der Waals surface area contributed by atoms with Crippen LogP contribution in [-0.2, 0) is 6.54 Å². The minimum absolute atomic E-state index is 0.0979. The van der Waals surface area contributed by atoms with Gasteiger partial charge in [0.25, 0.3) is 5.91 Å². The molecule has 3 aromatic rings. The van der Waals surface area contributed by atoms with Crippen LogP contribution in [0.15, 0.2) is 72.9 Å². The van der Waals surface area contributed by atoms with E-state index in [4.69, 9.17) is 4.74 Å². The highest BCUT2D eigenvalue weighted by molar-refractivity contribution is 5.97. The highest BCUT2D eigenvalue weighted by Gasteiger charge is 2.07. The topological polar surface area (TPSA) is 51.2 Å². The summed E-state index contributed by atoms with van der Waals surface area (Å²) in [5, 5.41) is 3.93. The number of nitrogens with zero attached hydrogens (tertiary/aromatic N) is 1. The molecular formula is C25H28N2O2. The molecule has 2 aromatic carbocycles. The Kier molecular flexibility index (Phi) is 7.81. The molecule has 0 aliphatic carbocycles. The number of rotatable bonds is 10. The molecule has 1 aromatic heterocycles. The lowest BCUT2D eigenvalue weighted by Gasteiger charge is -2.09. The average Bonchev–Trinajstić information content (AvgIpc) is 2.77. The molecule has 4 heteroatoms. The molecule has 0 aliphatic rings. The van der Waals surface area contributed by atoms with Gasteiger partial charge in [0.15, 0.2) is 0 Å². The normalized spacial score (nSPS) is 11.1. The Bertz CT molecular complexity index is 966. The second-order valence-electron chi connectivity index (χ2n) is 6.99. The number of hydrogen-bond acceptors (Lipinski definition) is 3. The molecule has 3 rings (SSSR count). The number of aromatic nitrogens is 1. The number of amides is 1. The maximum Gasteiger partial charge on any atom is 0.251 e. The Morgan fingerprint density at radius 2 is 1.97 bits per heavy atom. The number of ether oxygens (including phenoxy) is 1. The zero-order valence-corrected chi connectivity index (χ0v) is 16.9. The van der Waals surface area contributed by atoms with Gasteiger partial charge in [-0.2, -0.15) is 0 Å². The molecule has 4 nitrogen and oxygen atoms in total. The summed E-state index contributed by atoms with van der Waals surface area (Å²) in [5.41, 5.74) is 2.53. The van der Waals surface area contributed by atoms with E-state index >= 15 is 0 Å². The second-order valence-corrected chi connectivity index (χ2v) is 6.99. The summed E-state index contributed by atoms with van der Waals surface area (Å²) < 4.78 is 5.82. The third-order valence-corrected chi connectivity index (χ3v) is 4.66. The first-order valence-corrected chi connectivity index (χ1v) is 10.3. The van der Waals surface area contributed by atoms with Gasteiger partial charge in [0.05, 0.1) is 12.1 Å². The molecule has 1 N–H and O–H groups in total. The quantitative estimate of drug-likeness (QED) is 0.359. The number of hydrogen-bond donors (Lipinski definition) is 1. The maximum absolute atomic E-state index is 12.5. The lowest BCUT2D eigenvalue weighted by molar-refractivity contribution is 0.0951. The average molecular weight is 389 g/mol. The van der Waals surface area contributed by atoms with Gasteiger partial charge in [0.1, 0.15) is 5.75 Å². The molecule has 0 fully saturated rings. The van der Waals surface area contributed by atoms with Gasteiger partial charge in [-0.3, -0.25) is 9.78 Å². The van der Waals surface area contributed by atoms with E-state index in [1.165, 1.54) is 12.8 Å². The lowest BCUT2D eigenvalue weighted by Crippen LogP contribution is -2.22. The molecule has 0 atom stereocenters. The van der Waals surface area contributed by atoms with Gasteiger partial charge in [0, 0.05) is 23.7 Å². The Morgan fingerprint density at radius 3 is 2.86 bits per heavy atom. The van der Waals surface area contributed by atoms with Crippen molar-refractivity contribution in [1.82, 2.24) is 10.3 Å². The fourth-order valence-corrected chi connectivity index (χ4v) is 3.05. The van der Waals surface area contributed by atoms with Crippen molar-refractivity contribution >= 4 is 16.8 Å². The highest BCUT2D eigenvalue weighted by Crippen LogP contribution is 2.15. The fraction of sp³-hybridized carbons (Fsp3) is 0.280. The summed E-state index contributed by atoms with van der Waals surface area (Å²) in [5.74, 6) is 0.731. The van der Waals surface area contributed by atoms with Crippen molar-refractivity contribution in [3.63, 3.8) is 0 Å². The minimum atomic E-state index is -0.0979. The van der Waals surface area contributed by atoms with Gasteiger partial charge in [-0.1, -0.05) is 50.1 Å². The standard InChI is InChI=1S/C25H28N2O2/c1-2-3-4-5-6-7-16-29-23-12-8-10-20(17-23)19-27-25(28)22-13-14-24-21(18-22)11-9-15-26-24/h5-6,8-15,17-18H,2-4,7,16,19H2,1H3,(H,27,28). The van der Waals surface area contributed by atoms with Crippen LogP contribution in [0.1, 0.15) is 48.5 Å². The first-order valence-electron chi connectivity index (χ1n) is 10.3. The van der Waals surface area contributed by atoms with Gasteiger partial charge in [-0.05, 0) is 54.8 Å². The van der Waals surface area contributed by atoms with Crippen molar-refractivity contribution < 1.29 is 9.53 Å². The van der Waals surface area contributed by atoms with Crippen molar-refractivity contribution in [2.24, 2.45) is 0 Å². The van der Waals surface area contributed by atoms with E-state index in [0.29, 0.717) is 18.7 Å². The molecule has 1 amide bonds. The van der Waals surface area contributed by atoms with Crippen molar-refractivity contribution in [2.75, 3.05) is 6.61 Å². The maximum atomic E-state index is 12.5. The molecule has 0 spiro atoms. The third-order valence-electron chi connectivity index (χ3n) is 4.66. The van der Waals surface area contributed by atoms with Gasteiger partial charge in [-0.15, -0.1) is 0 Å². The summed E-state index contributed by atoms with van der Waals surface area (Å²) in [6, 6.07) is 17.2. The zero-order valence-electron chi connectivity index (χ0n) is 16.9. The molecule has 0 unspecified atom stereocenters. The monoisotopic (exact) mass is 388 g/mol. The molecule has 29 heavy (non-hydrogen) atoms. The first-order chi connectivity index (χ1) is 14.3. The molecular weight excluding hydrogens is 360 g/mol. The van der Waals surface area contributed by atoms with Gasteiger partial charge >= 0.3 is 0 Å². The number of nitrogens with one attached hydrogen (secondary N) is 1. The van der Waals surface area contributed by atoms with Crippen molar-refractivity contribution in [3.8, 4) is 5.75 Å². The van der Waals surface area contributed by atoms with Crippen LogP contribution in [-0.4, -0.2) is 17.5 Å². The molecule has 0 bridgehead atoms. The van der Waals surface area contributed by atoms with Gasteiger partial charge in [0.2, 0.25) is 0 Å². The predicted molar refractivity (Wildman–Crippen MR) is 118 cm³/mol. The van der Waals surface area contributed by atoms with Gasteiger partial charge in [-0.25, -0.2) is 0 Å². The zero-order chi connectivity index (χ0) is 20.3. The fourth-order valence-electron chi connectivity index (χ4n) is 3.05. The summed E-state index contributed by atoms with van der Waals surface area (Å²) >= 11 is 0. The molecule has 0 aliphatic heterocycles. The Labute approximate surface area is 172 Å². The van der Waals surface area contributed by atoms with E-state index in [9.17, 15) is 4.79 Å². The van der Waals surface area contributed by atoms with E-state index in [0.717, 1.165) is 35.1 Å². The van der Waals surface area contributed by atoms with Crippen LogP contribution in [0, 0.1) is 0 Å². The van der Waals surface area contributed by atoms with Crippen LogP contribution in [0.3, 0.4) is 0 Å². The van der Waals surface area contributed by atoms with E-state index < -0.39 is 0 Å². The van der Waals surface area contributed by atoms with E-state index in [1.807, 2.05) is 48.5 Å². The first kappa shape index (κ1) is 20.6. The molecule has 0 saturated carbocycles. The Balaban J connectivity index is 1.49. The molecule has 1 heterocycles. The SMILES string of the molecule is CCCCC=CCCOc1cccc(CNC(=O)c2ccc3ncccc3c2)c1. The van der Waals surface area contributed by atoms with Crippen molar-refractivity contribution in [1.29, 1.82) is 0 Å². The number of fused-ring (bicyclic) bond motifs is 1. The predicted octanol–water partition coefficient (Wildman–Crippen LogP) is 5.68. The van der Waals surface area contributed by atoms with Crippen LogP contribution in [0.2, 0.25) is 0 Å². The Morgan fingerprint density at radius 1 is 1.07 bits per heavy atom. The van der Waals surface area contributed by atoms with E-state index in [2.05, 4.69) is 29.4 Å². The number of allylic oxidation sites excluding steroid dienone is 1. The van der Waals surface area contributed by atoms with Gasteiger partial charge < -0.3 is 10.1 Å². The minimum Gasteiger partial charge on any atom is -0.493 e. The third kappa shape index (κ3) is 6.46. The Hall–Kier alpha value is -3.14. The number of carbonyl (C=O) groups excluding carboxylic acids is 1. The number of pyridine rings is 1. The van der Waals surface area contributed by atoms with Crippen molar-refractivity contribution in [2.45, 2.75) is 39.2 Å². The number of carbonyl (C=O) groups is 1. The highest BCUT2D eigenvalue weighted by atomic mass is 16.5. The largest absolute Gasteiger partial charge is 0.493 e. The van der Waals surface area contributed by atoms with Crippen molar-refractivity contribution in [3.05, 3.63) is 84.1 Å². The van der Waals surface area contributed by atoms with Crippen LogP contribution in [0.4, 0.5) is 0 Å². The lowest BCUT2D eigenvalue weighted by atomic mass is 10.1. The van der Waals surface area contributed by atoms with Crippen LogP contribution >= 0.6 is 0 Å². The summed E-state index contributed by atoms with van der Waals surface area (Å²) in [4.78, 5) is 16.8. The van der Waals surface area contributed by atoms with Crippen LogP contribution < -0.4 is 10.1 Å². The van der Waals surface area contributed by atoms with Crippen LogP contribution in [0.5, 0.6) is 5.75 Å². The summed E-state index contributed by atoms with van der Waals surface area (Å²) in [6.07, 6.45) is 10.7. The van der Waals surface area contributed by atoms with E-state index in [1.54, 1.807) is 12.3 Å². The molecule has 0 radical (unpaired) electrons. The number of benzene rings is 2. The second kappa shape index (κ2) is 11.0. The smallest absolute Gasteiger partial charge is 0.251 e. The molecule has 0 saturated heterocycles. The van der Waals surface area contributed by atoms with E-state index in [-0.39, 0.29) is 5.91 Å². The molecule has 150 valence electrons. The van der Waals surface area contributed by atoms with Crippen LogP contribution in [0.25, 0.3) is 10.9 Å². The summed E-state index contributed by atoms with van der Waals surface area (Å²) in [7, 11) is 0. The summed E-state index contributed by atoms with van der Waals surface area (Å²) in [6.45, 7) is 3.31.